The van der Waals surface area contributed by atoms with E-state index in [-0.39, 0.29) is 33.9 Å². The summed E-state index contributed by atoms with van der Waals surface area (Å²) in [5.41, 5.74) is 0.128. The second-order valence-corrected chi connectivity index (χ2v) is 7.56. The number of aromatic nitrogens is 3. The molecule has 0 unspecified atom stereocenters. The molecule has 2 aromatic heterocycles. The fourth-order valence-corrected chi connectivity index (χ4v) is 2.94. The van der Waals surface area contributed by atoms with Gasteiger partial charge in [-0.2, -0.15) is 5.10 Å². The van der Waals surface area contributed by atoms with E-state index >= 15 is 0 Å². The normalized spacial score (nSPS) is 11.4. The molecule has 9 heteroatoms. The van der Waals surface area contributed by atoms with E-state index in [4.69, 9.17) is 13.1 Å². The fourth-order valence-electron chi connectivity index (χ4n) is 2.94. The van der Waals surface area contributed by atoms with Crippen LogP contribution in [-0.2, 0) is 5.41 Å². The monoisotopic (exact) mass is 401 g/mol. The molecule has 2 heterocycles. The second kappa shape index (κ2) is 7.64. The van der Waals surface area contributed by atoms with Crippen molar-refractivity contribution in [2.75, 3.05) is 0 Å². The molecule has 0 amide bonds. The minimum Gasteiger partial charge on any atom is -0.493 e. The van der Waals surface area contributed by atoms with E-state index in [1.165, 1.54) is 6.92 Å². The Morgan fingerprint density at radius 2 is 1.73 bits per heavy atom. The Balaban J connectivity index is 2.22. The Morgan fingerprint density at radius 1 is 1.10 bits per heavy atom. The zero-order valence-corrected chi connectivity index (χ0v) is 16.9. The smallest absolute Gasteiger partial charge is 0.264 e. The molecule has 9 nitrogen and oxygen atoms in total. The van der Waals surface area contributed by atoms with Gasteiger partial charge in [0.25, 0.3) is 16.9 Å². The van der Waals surface area contributed by atoms with Crippen LogP contribution in [0.15, 0.2) is 45.4 Å². The predicted molar refractivity (Wildman–Crippen MR) is 112 cm³/mol. The lowest BCUT2D eigenvalue weighted by Crippen LogP contribution is -2.18. The first-order chi connectivity index (χ1) is 14.2. The molecule has 150 valence electrons. The third-order valence-corrected chi connectivity index (χ3v) is 4.46. The minimum atomic E-state index is -0.649. The number of pyridine rings is 1. The number of nitrogens with one attached hydrogen (secondary N) is 1. The number of benzene rings is 1. The summed E-state index contributed by atoms with van der Waals surface area (Å²) in [6.45, 7) is 22.1. The number of hydrogen-bond donors (Lipinski definition) is 2. The van der Waals surface area contributed by atoms with Crippen LogP contribution in [-0.4, -0.2) is 19.9 Å². The number of para-hydroxylation sites is 1. The van der Waals surface area contributed by atoms with Crippen molar-refractivity contribution in [2.45, 2.75) is 33.1 Å². The lowest BCUT2D eigenvalue weighted by Gasteiger charge is -2.15. The highest BCUT2D eigenvalue weighted by Gasteiger charge is 2.25. The van der Waals surface area contributed by atoms with Crippen LogP contribution in [0.5, 0.6) is 5.88 Å². The minimum absolute atomic E-state index is 0.0349. The van der Waals surface area contributed by atoms with Crippen molar-refractivity contribution in [1.29, 1.82) is 0 Å². The van der Waals surface area contributed by atoms with Gasteiger partial charge in [0.1, 0.15) is 5.69 Å². The van der Waals surface area contributed by atoms with Gasteiger partial charge < -0.3 is 5.11 Å². The zero-order valence-electron chi connectivity index (χ0n) is 16.9. The van der Waals surface area contributed by atoms with E-state index in [2.05, 4.69) is 30.1 Å². The van der Waals surface area contributed by atoms with Crippen LogP contribution in [0.4, 0.5) is 22.9 Å². The van der Waals surface area contributed by atoms with Gasteiger partial charge in [-0.05, 0) is 30.0 Å². The Morgan fingerprint density at radius 3 is 2.30 bits per heavy atom. The molecule has 0 aliphatic carbocycles. The first-order valence-electron chi connectivity index (χ1n) is 9.00. The fraction of sp³-hybridized carbons (Fsp3) is 0.238. The largest absolute Gasteiger partial charge is 0.493 e. The van der Waals surface area contributed by atoms with Gasteiger partial charge in [0.2, 0.25) is 5.88 Å². The van der Waals surface area contributed by atoms with E-state index in [1.54, 1.807) is 30.3 Å². The molecule has 30 heavy (non-hydrogen) atoms. The summed E-state index contributed by atoms with van der Waals surface area (Å²) in [7, 11) is 0. The van der Waals surface area contributed by atoms with Crippen molar-refractivity contribution in [2.24, 2.45) is 10.2 Å². The molecule has 0 radical (unpaired) electrons. The molecule has 3 rings (SSSR count). The molecule has 0 atom stereocenters. The van der Waals surface area contributed by atoms with Crippen molar-refractivity contribution in [1.82, 2.24) is 14.8 Å². The van der Waals surface area contributed by atoms with E-state index in [9.17, 15) is 9.90 Å². The zero-order chi connectivity index (χ0) is 22.1. The number of nitrogens with zero attached hydrogens (tertiary/aromatic N) is 6. The maximum Gasteiger partial charge on any atom is 0.264 e. The van der Waals surface area contributed by atoms with Crippen molar-refractivity contribution in [3.8, 4) is 11.6 Å². The number of H-pyrrole nitrogens is 1. The van der Waals surface area contributed by atoms with Gasteiger partial charge in [-0.3, -0.25) is 14.5 Å². The highest BCUT2D eigenvalue weighted by molar-refractivity contribution is 5.69. The first-order valence-corrected chi connectivity index (χ1v) is 9.00. The van der Waals surface area contributed by atoms with Crippen molar-refractivity contribution in [3.05, 3.63) is 74.8 Å². The molecule has 3 aromatic rings. The van der Waals surface area contributed by atoms with E-state index in [0.29, 0.717) is 11.4 Å². The molecule has 0 fully saturated rings. The van der Waals surface area contributed by atoms with Crippen molar-refractivity contribution < 1.29 is 5.11 Å². The van der Waals surface area contributed by atoms with E-state index in [0.717, 1.165) is 4.57 Å². The third-order valence-electron chi connectivity index (χ3n) is 4.46. The predicted octanol–water partition coefficient (Wildman–Crippen LogP) is 5.39. The number of aromatic amines is 1. The molecule has 0 saturated carbocycles. The Bertz CT molecular complexity index is 1280. The standard InChI is InChI=1S/C21H19N7O2/c1-12-14(22-5)19(29)28(13-10-8-7-9-11-13)20(30)15(12)24-26-18-16(23-6)17(25-27-18)21(2,3)4/h7-11,30H,1-4H3,(H,25,27)/b26-24+. The Labute approximate surface area is 173 Å². The maximum absolute atomic E-state index is 12.7. The molecule has 0 saturated heterocycles. The summed E-state index contributed by atoms with van der Waals surface area (Å²) < 4.78 is 1.01. The van der Waals surface area contributed by atoms with Crippen LogP contribution in [0, 0.1) is 20.1 Å². The number of azo groups is 1. The summed E-state index contributed by atoms with van der Waals surface area (Å²) >= 11 is 0. The second-order valence-electron chi connectivity index (χ2n) is 7.56. The summed E-state index contributed by atoms with van der Waals surface area (Å²) in [4.78, 5) is 19.6. The van der Waals surface area contributed by atoms with Gasteiger partial charge in [0.05, 0.1) is 24.5 Å². The van der Waals surface area contributed by atoms with E-state index < -0.39 is 11.4 Å². The molecular weight excluding hydrogens is 382 g/mol. The number of aromatic hydroxyl groups is 1. The van der Waals surface area contributed by atoms with Crippen LogP contribution in [0.2, 0.25) is 0 Å². The van der Waals surface area contributed by atoms with Crippen LogP contribution < -0.4 is 5.56 Å². The molecule has 1 aromatic carbocycles. The lowest BCUT2D eigenvalue weighted by atomic mass is 9.91. The molecule has 0 spiro atoms. The van der Waals surface area contributed by atoms with Gasteiger partial charge in [-0.1, -0.05) is 39.0 Å². The quantitative estimate of drug-likeness (QED) is 0.454. The topological polar surface area (TPSA) is 104 Å². The Hall–Kier alpha value is -4.24. The molecule has 0 aliphatic rings. The van der Waals surface area contributed by atoms with Crippen LogP contribution in [0.3, 0.4) is 0 Å². The molecule has 0 aliphatic heterocycles. The van der Waals surface area contributed by atoms with Crippen LogP contribution in [0.25, 0.3) is 15.4 Å². The van der Waals surface area contributed by atoms with Gasteiger partial charge in [0.15, 0.2) is 5.82 Å². The Kier molecular flexibility index (Phi) is 5.22. The van der Waals surface area contributed by atoms with E-state index in [1.807, 2.05) is 20.8 Å². The lowest BCUT2D eigenvalue weighted by molar-refractivity contribution is 0.437. The van der Waals surface area contributed by atoms with Crippen LogP contribution >= 0.6 is 0 Å². The SMILES string of the molecule is [C-]#[N+]c1c(C(C)(C)C)n[nH]c1/N=N/c1c(C)c([N+]#[C-])c(=O)n(-c2ccccc2)c1O. The number of rotatable bonds is 3. The van der Waals surface area contributed by atoms with Gasteiger partial charge in [-0.15, -0.1) is 10.2 Å². The van der Waals surface area contributed by atoms with Crippen LogP contribution in [0.1, 0.15) is 32.0 Å². The molecule has 2 N–H and O–H groups in total. The maximum atomic E-state index is 12.7. The summed E-state index contributed by atoms with van der Waals surface area (Å²) in [6, 6.07) is 8.45. The third kappa shape index (κ3) is 3.45. The van der Waals surface area contributed by atoms with Gasteiger partial charge in [-0.25, -0.2) is 9.69 Å². The molecular formula is C21H19N7O2. The molecule has 0 bridgehead atoms. The summed E-state index contributed by atoms with van der Waals surface area (Å²) in [5, 5.41) is 25.8. The highest BCUT2D eigenvalue weighted by atomic mass is 16.3. The van der Waals surface area contributed by atoms with Gasteiger partial charge in [0, 0.05) is 0 Å². The average Bonchev–Trinajstić information content (AvgIpc) is 3.12. The number of hydrogen-bond acceptors (Lipinski definition) is 5. The summed E-state index contributed by atoms with van der Waals surface area (Å²) in [5.74, 6) is -0.310. The first kappa shape index (κ1) is 20.5. The highest BCUT2D eigenvalue weighted by Crippen LogP contribution is 2.40. The average molecular weight is 401 g/mol. The van der Waals surface area contributed by atoms with Crippen molar-refractivity contribution in [3.63, 3.8) is 0 Å². The summed E-state index contributed by atoms with van der Waals surface area (Å²) in [6.07, 6.45) is 0. The van der Waals surface area contributed by atoms with Gasteiger partial charge >= 0.3 is 0 Å². The van der Waals surface area contributed by atoms with Crippen molar-refractivity contribution >= 4 is 22.9 Å².